The molecule has 0 saturated carbocycles. The van der Waals surface area contributed by atoms with Crippen molar-refractivity contribution in [2.75, 3.05) is 0 Å². The second-order valence-electron chi connectivity index (χ2n) is 6.01. The fraction of sp³-hybridized carbons (Fsp3) is 0.263. The third kappa shape index (κ3) is 3.26. The third-order valence-electron chi connectivity index (χ3n) is 4.19. The molecule has 0 aromatic heterocycles. The Kier molecular flexibility index (Phi) is 4.15. The summed E-state index contributed by atoms with van der Waals surface area (Å²) >= 11 is 0. The van der Waals surface area contributed by atoms with Gasteiger partial charge in [-0.3, -0.25) is 4.79 Å². The molecular formula is C19H20N2O2. The molecule has 2 aromatic carbocycles. The first-order valence-electron chi connectivity index (χ1n) is 7.81. The van der Waals surface area contributed by atoms with E-state index in [1.54, 1.807) is 12.1 Å². The Morgan fingerprint density at radius 2 is 1.87 bits per heavy atom. The predicted molar refractivity (Wildman–Crippen MR) is 91.0 cm³/mol. The minimum atomic E-state index is -0.269. The van der Waals surface area contributed by atoms with Gasteiger partial charge in [0, 0.05) is 11.1 Å². The van der Waals surface area contributed by atoms with Crippen molar-refractivity contribution < 1.29 is 9.90 Å². The molecule has 0 radical (unpaired) electrons. The zero-order valence-corrected chi connectivity index (χ0v) is 13.4. The molecule has 2 aromatic rings. The minimum Gasteiger partial charge on any atom is -0.508 e. The first kappa shape index (κ1) is 15.3. The van der Waals surface area contributed by atoms with Crippen LogP contribution in [-0.4, -0.2) is 16.7 Å². The zero-order chi connectivity index (χ0) is 16.4. The quantitative estimate of drug-likeness (QED) is 0.834. The van der Waals surface area contributed by atoms with E-state index >= 15 is 0 Å². The zero-order valence-electron chi connectivity index (χ0n) is 13.4. The van der Waals surface area contributed by atoms with Gasteiger partial charge in [0.15, 0.2) is 0 Å². The van der Waals surface area contributed by atoms with Gasteiger partial charge < -0.3 is 5.11 Å². The predicted octanol–water partition coefficient (Wildman–Crippen LogP) is 3.48. The van der Waals surface area contributed by atoms with Gasteiger partial charge in [-0.15, -0.1) is 0 Å². The normalized spacial score (nSPS) is 15.3. The molecule has 4 nitrogen and oxygen atoms in total. The number of rotatable bonds is 2. The van der Waals surface area contributed by atoms with Crippen LogP contribution in [0.1, 0.15) is 45.5 Å². The lowest BCUT2D eigenvalue weighted by Crippen LogP contribution is -2.22. The van der Waals surface area contributed by atoms with Gasteiger partial charge in [0.05, 0.1) is 5.71 Å². The van der Waals surface area contributed by atoms with Gasteiger partial charge in [0.25, 0.3) is 5.91 Å². The van der Waals surface area contributed by atoms with Crippen LogP contribution in [0.2, 0.25) is 0 Å². The van der Waals surface area contributed by atoms with E-state index in [-0.39, 0.29) is 11.7 Å². The number of phenols is 1. The van der Waals surface area contributed by atoms with Gasteiger partial charge in [0.1, 0.15) is 5.75 Å². The molecule has 0 fully saturated rings. The van der Waals surface area contributed by atoms with Gasteiger partial charge in [-0.25, -0.2) is 5.43 Å². The molecule has 2 N–H and O–H groups in total. The van der Waals surface area contributed by atoms with Crippen molar-refractivity contribution >= 4 is 11.6 Å². The smallest absolute Gasteiger partial charge is 0.271 e. The van der Waals surface area contributed by atoms with Gasteiger partial charge in [0.2, 0.25) is 0 Å². The second kappa shape index (κ2) is 6.24. The van der Waals surface area contributed by atoms with Crippen LogP contribution < -0.4 is 5.43 Å². The minimum absolute atomic E-state index is 0.139. The molecule has 0 atom stereocenters. The Morgan fingerprint density at radius 3 is 2.61 bits per heavy atom. The van der Waals surface area contributed by atoms with Crippen LogP contribution in [-0.2, 0) is 6.42 Å². The number of nitrogens with one attached hydrogen (secondary N) is 1. The van der Waals surface area contributed by atoms with Crippen LogP contribution in [0, 0.1) is 13.8 Å². The summed E-state index contributed by atoms with van der Waals surface area (Å²) in [5.74, 6) is -0.131. The highest BCUT2D eigenvalue weighted by atomic mass is 16.3. The van der Waals surface area contributed by atoms with Crippen LogP contribution in [0.3, 0.4) is 0 Å². The number of hydrogen-bond donors (Lipinski definition) is 2. The number of hydrogen-bond acceptors (Lipinski definition) is 3. The molecule has 23 heavy (non-hydrogen) atoms. The molecule has 0 bridgehead atoms. The van der Waals surface area contributed by atoms with Crippen molar-refractivity contribution in [3.8, 4) is 5.75 Å². The second-order valence-corrected chi connectivity index (χ2v) is 6.01. The van der Waals surface area contributed by atoms with Gasteiger partial charge >= 0.3 is 0 Å². The average molecular weight is 308 g/mol. The monoisotopic (exact) mass is 308 g/mol. The first-order valence-corrected chi connectivity index (χ1v) is 7.81. The molecule has 0 aliphatic heterocycles. The van der Waals surface area contributed by atoms with Crippen molar-refractivity contribution in [2.45, 2.75) is 33.1 Å². The van der Waals surface area contributed by atoms with Crippen molar-refractivity contribution in [3.05, 3.63) is 64.2 Å². The van der Waals surface area contributed by atoms with Crippen molar-refractivity contribution in [3.63, 3.8) is 0 Å². The molecule has 0 spiro atoms. The van der Waals surface area contributed by atoms with E-state index in [1.165, 1.54) is 28.8 Å². The van der Waals surface area contributed by atoms with E-state index in [4.69, 9.17) is 0 Å². The summed E-state index contributed by atoms with van der Waals surface area (Å²) in [5, 5.41) is 13.6. The van der Waals surface area contributed by atoms with E-state index in [1.807, 2.05) is 0 Å². The van der Waals surface area contributed by atoms with Crippen LogP contribution in [0.25, 0.3) is 0 Å². The largest absolute Gasteiger partial charge is 0.508 e. The van der Waals surface area contributed by atoms with Crippen molar-refractivity contribution in [1.82, 2.24) is 5.43 Å². The summed E-state index contributed by atoms with van der Waals surface area (Å²) in [6.45, 7) is 4.21. The number of carbonyl (C=O) groups is 1. The van der Waals surface area contributed by atoms with E-state index < -0.39 is 0 Å². The lowest BCUT2D eigenvalue weighted by atomic mass is 9.86. The molecule has 0 saturated heterocycles. The highest BCUT2D eigenvalue weighted by Gasteiger charge is 2.18. The molecule has 4 heteroatoms. The summed E-state index contributed by atoms with van der Waals surface area (Å²) in [6, 6.07) is 10.5. The van der Waals surface area contributed by atoms with Crippen LogP contribution in [0.4, 0.5) is 0 Å². The van der Waals surface area contributed by atoms with Gasteiger partial charge in [-0.05, 0) is 74.6 Å². The number of nitrogens with zero attached hydrogens (tertiary/aromatic N) is 1. The standard InChI is InChI=1S/C19H20N2O2/c1-12-10-13(2)16-4-3-5-18(17(16)11-12)20-21-19(23)14-6-8-15(22)9-7-14/h6-11,22H,3-5H2,1-2H3,(H,21,23). The number of amides is 1. The summed E-state index contributed by atoms with van der Waals surface area (Å²) in [4.78, 5) is 12.1. The lowest BCUT2D eigenvalue weighted by Gasteiger charge is -2.20. The van der Waals surface area contributed by atoms with E-state index in [2.05, 4.69) is 36.5 Å². The topological polar surface area (TPSA) is 61.7 Å². The maximum absolute atomic E-state index is 12.1. The number of fused-ring (bicyclic) bond motifs is 1. The number of carbonyl (C=O) groups excluding carboxylic acids is 1. The highest BCUT2D eigenvalue weighted by molar-refractivity contribution is 6.04. The van der Waals surface area contributed by atoms with E-state index in [0.717, 1.165) is 30.5 Å². The summed E-state index contributed by atoms with van der Waals surface area (Å²) in [5.41, 5.74) is 9.03. The molecule has 3 rings (SSSR count). The van der Waals surface area contributed by atoms with E-state index in [9.17, 15) is 9.90 Å². The summed E-state index contributed by atoms with van der Waals surface area (Å²) in [7, 11) is 0. The van der Waals surface area contributed by atoms with Crippen molar-refractivity contribution in [2.24, 2.45) is 5.10 Å². The SMILES string of the molecule is Cc1cc(C)c2c(c1)C(=NNC(=O)c1ccc(O)cc1)CCC2. The molecular weight excluding hydrogens is 288 g/mol. The average Bonchev–Trinajstić information content (AvgIpc) is 2.53. The lowest BCUT2D eigenvalue weighted by molar-refractivity contribution is 0.0954. The first-order chi connectivity index (χ1) is 11.0. The Labute approximate surface area is 135 Å². The maximum Gasteiger partial charge on any atom is 0.271 e. The Hall–Kier alpha value is -2.62. The molecule has 0 heterocycles. The van der Waals surface area contributed by atoms with Gasteiger partial charge in [-0.2, -0.15) is 5.10 Å². The van der Waals surface area contributed by atoms with Crippen LogP contribution in [0.5, 0.6) is 5.75 Å². The maximum atomic E-state index is 12.1. The van der Waals surface area contributed by atoms with Crippen LogP contribution in [0.15, 0.2) is 41.5 Å². The molecule has 1 aliphatic carbocycles. The number of aryl methyl sites for hydroxylation is 2. The molecule has 1 amide bonds. The number of hydrazone groups is 1. The fourth-order valence-corrected chi connectivity index (χ4v) is 3.07. The molecule has 118 valence electrons. The summed E-state index contributed by atoms with van der Waals surface area (Å²) in [6.07, 6.45) is 2.98. The fourth-order valence-electron chi connectivity index (χ4n) is 3.07. The molecule has 1 aliphatic rings. The number of benzene rings is 2. The Balaban J connectivity index is 1.84. The van der Waals surface area contributed by atoms with Gasteiger partial charge in [-0.1, -0.05) is 11.6 Å². The Bertz CT molecular complexity index is 777. The number of aromatic hydroxyl groups is 1. The number of phenolic OH excluding ortho intramolecular Hbond substituents is 1. The molecule has 0 unspecified atom stereocenters. The Morgan fingerprint density at radius 1 is 1.13 bits per heavy atom. The highest BCUT2D eigenvalue weighted by Crippen LogP contribution is 2.26. The summed E-state index contributed by atoms with van der Waals surface area (Å²) < 4.78 is 0. The van der Waals surface area contributed by atoms with Crippen LogP contribution >= 0.6 is 0 Å². The van der Waals surface area contributed by atoms with E-state index in [0.29, 0.717) is 5.56 Å². The van der Waals surface area contributed by atoms with Crippen molar-refractivity contribution in [1.29, 1.82) is 0 Å². The third-order valence-corrected chi connectivity index (χ3v) is 4.19.